The number of fused-ring (bicyclic) bond motifs is 1. The number of anilines is 1. The number of carbonyl (C=O) groups excluding carboxylic acids is 3. The summed E-state index contributed by atoms with van der Waals surface area (Å²) in [7, 11) is 2.24. The first kappa shape index (κ1) is 26.9. The molecule has 3 aliphatic heterocycles. The number of nitrogens with zero attached hydrogens (tertiary/aromatic N) is 6. The highest BCUT2D eigenvalue weighted by atomic mass is 32.2. The van der Waals surface area contributed by atoms with Crippen LogP contribution in [0.25, 0.3) is 0 Å². The summed E-state index contributed by atoms with van der Waals surface area (Å²) in [6, 6.07) is -1.01. The fraction of sp³-hybridized carbons (Fsp3) is 0.476. The fourth-order valence-electron chi connectivity index (χ4n) is 4.74. The van der Waals surface area contributed by atoms with Crippen molar-refractivity contribution in [2.24, 2.45) is 5.16 Å². The number of hydrogen-bond acceptors (Lipinski definition) is 14. The van der Waals surface area contributed by atoms with Crippen LogP contribution in [0.4, 0.5) is 5.13 Å². The maximum absolute atomic E-state index is 12.9. The number of aliphatic carboxylic acids is 1. The highest BCUT2D eigenvalue weighted by Gasteiger charge is 2.53. The number of likely N-dealkylation sites (tertiary alicyclic amines) is 1. The lowest BCUT2D eigenvalue weighted by Crippen LogP contribution is -2.71. The summed E-state index contributed by atoms with van der Waals surface area (Å²) in [5, 5.41) is 28.2. The van der Waals surface area contributed by atoms with Crippen LogP contribution in [0.15, 0.2) is 26.1 Å². The second kappa shape index (κ2) is 10.8. The van der Waals surface area contributed by atoms with Crippen molar-refractivity contribution in [1.29, 1.82) is 0 Å². The molecule has 0 radical (unpaired) electrons. The Morgan fingerprint density at radius 2 is 2.13 bits per heavy atom. The summed E-state index contributed by atoms with van der Waals surface area (Å²) in [6.45, 7) is 3.18. The minimum Gasteiger partial charge on any atom is -0.543 e. The predicted molar refractivity (Wildman–Crippen MR) is 141 cm³/mol. The van der Waals surface area contributed by atoms with Gasteiger partial charge in [0.1, 0.15) is 23.7 Å². The number of β-lactam (4-membered cyclic amide) rings is 1. The third kappa shape index (κ3) is 5.25. The molecule has 2 saturated heterocycles. The molecule has 17 heteroatoms. The molecule has 0 saturated carbocycles. The molecule has 2 aromatic rings. The van der Waals surface area contributed by atoms with Crippen molar-refractivity contribution < 1.29 is 29.2 Å². The van der Waals surface area contributed by atoms with E-state index < -0.39 is 34.9 Å². The van der Waals surface area contributed by atoms with Crippen molar-refractivity contribution in [2.45, 2.75) is 35.1 Å². The molecule has 0 aliphatic carbocycles. The van der Waals surface area contributed by atoms with Gasteiger partial charge in [-0.15, -0.1) is 23.1 Å². The minimum atomic E-state index is -1.45. The minimum absolute atomic E-state index is 0.0769. The molecule has 202 valence electrons. The topological polar surface area (TPSA) is 187 Å². The first-order chi connectivity index (χ1) is 18.2. The molecule has 0 bridgehead atoms. The third-order valence-corrected chi connectivity index (χ3v) is 10.6. The molecule has 13 nitrogen and oxygen atoms in total. The smallest absolute Gasteiger partial charge is 0.278 e. The Balaban J connectivity index is 1.24. The van der Waals surface area contributed by atoms with E-state index in [-0.39, 0.29) is 16.7 Å². The number of carboxylic acids is 1. The number of nitrogens with one attached hydrogen (secondary N) is 1. The van der Waals surface area contributed by atoms with Gasteiger partial charge in [-0.2, -0.15) is 9.36 Å². The second-order valence-electron chi connectivity index (χ2n) is 9.33. The van der Waals surface area contributed by atoms with Gasteiger partial charge in [0.25, 0.3) is 11.8 Å². The largest absolute Gasteiger partial charge is 0.543 e. The van der Waals surface area contributed by atoms with Gasteiger partial charge in [-0.1, -0.05) is 16.9 Å². The van der Waals surface area contributed by atoms with Crippen molar-refractivity contribution >= 4 is 75.0 Å². The van der Waals surface area contributed by atoms with E-state index in [1.165, 1.54) is 47.7 Å². The van der Waals surface area contributed by atoms with Gasteiger partial charge in [0, 0.05) is 41.3 Å². The third-order valence-electron chi connectivity index (χ3n) is 6.59. The van der Waals surface area contributed by atoms with E-state index >= 15 is 0 Å². The number of carbonyl (C=O) groups is 3. The van der Waals surface area contributed by atoms with Crippen LogP contribution >= 0.6 is 46.4 Å². The summed E-state index contributed by atoms with van der Waals surface area (Å²) in [5.74, 6) is -2.41. The van der Waals surface area contributed by atoms with Crippen LogP contribution in [0.3, 0.4) is 0 Å². The van der Waals surface area contributed by atoms with Gasteiger partial charge < -0.3 is 30.6 Å². The molecule has 0 aromatic carbocycles. The Hall–Kier alpha value is -2.73. The molecular weight excluding hydrogens is 573 g/mol. The highest BCUT2D eigenvalue weighted by molar-refractivity contribution is 8.01. The lowest BCUT2D eigenvalue weighted by molar-refractivity contribution is -0.911. The molecule has 38 heavy (non-hydrogen) atoms. The molecule has 0 spiro atoms. The van der Waals surface area contributed by atoms with Gasteiger partial charge in [-0.05, 0) is 5.57 Å². The van der Waals surface area contributed by atoms with Crippen LogP contribution in [0.1, 0.15) is 24.4 Å². The Morgan fingerprint density at radius 3 is 2.79 bits per heavy atom. The zero-order valence-electron chi connectivity index (χ0n) is 20.2. The van der Waals surface area contributed by atoms with Crippen molar-refractivity contribution in [2.75, 3.05) is 37.4 Å². The zero-order valence-corrected chi connectivity index (χ0v) is 23.4. The van der Waals surface area contributed by atoms with E-state index in [1.54, 1.807) is 0 Å². The van der Waals surface area contributed by atoms with Crippen molar-refractivity contribution in [3.8, 4) is 0 Å². The van der Waals surface area contributed by atoms with Gasteiger partial charge >= 0.3 is 0 Å². The van der Waals surface area contributed by atoms with E-state index in [0.29, 0.717) is 17.1 Å². The van der Waals surface area contributed by atoms with E-state index in [9.17, 15) is 24.7 Å². The van der Waals surface area contributed by atoms with Crippen LogP contribution in [-0.2, 0) is 20.9 Å². The summed E-state index contributed by atoms with van der Waals surface area (Å²) in [6.07, 6.45) is 2.46. The number of rotatable bonds is 9. The maximum Gasteiger partial charge on any atom is 0.278 e. The summed E-state index contributed by atoms with van der Waals surface area (Å²) < 4.78 is 5.66. The number of amides is 2. The van der Waals surface area contributed by atoms with Crippen LogP contribution < -0.4 is 16.2 Å². The molecule has 5 heterocycles. The van der Waals surface area contributed by atoms with Crippen molar-refractivity contribution in [3.63, 3.8) is 0 Å². The first-order valence-electron chi connectivity index (χ1n) is 11.6. The average Bonchev–Trinajstić information content (AvgIpc) is 3.63. The van der Waals surface area contributed by atoms with Crippen LogP contribution in [0.2, 0.25) is 0 Å². The van der Waals surface area contributed by atoms with Crippen LogP contribution in [-0.4, -0.2) is 95.5 Å². The number of nitrogens with two attached hydrogens (primary N) is 1. The summed E-state index contributed by atoms with van der Waals surface area (Å²) in [5.41, 5.74) is 6.44. The van der Waals surface area contributed by atoms with Crippen LogP contribution in [0.5, 0.6) is 0 Å². The quantitative estimate of drug-likeness (QED) is 0.0861. The first-order valence-corrected chi connectivity index (χ1v) is 15.3. The molecule has 2 aromatic heterocycles. The Bertz CT molecular complexity index is 1330. The molecule has 5 rings (SSSR count). The second-order valence-corrected chi connectivity index (χ2v) is 13.3. The molecule has 2 atom stereocenters. The van der Waals surface area contributed by atoms with Crippen molar-refractivity contribution in [3.05, 3.63) is 28.2 Å². The van der Waals surface area contributed by atoms with Gasteiger partial charge in [-0.25, -0.2) is 4.98 Å². The maximum atomic E-state index is 12.9. The van der Waals surface area contributed by atoms with Gasteiger partial charge in [-0.3, -0.25) is 14.5 Å². The average molecular weight is 597 g/mol. The fourth-order valence-corrected chi connectivity index (χ4v) is 8.50. The lowest BCUT2D eigenvalue weighted by Gasteiger charge is -2.50. The number of nitrogen functional groups attached to an aromatic ring is 1. The monoisotopic (exact) mass is 596 g/mol. The van der Waals surface area contributed by atoms with E-state index in [0.717, 1.165) is 50.6 Å². The number of oxime groups is 1. The SMILES string of the molecule is C[N+]1(Cc2csc(SCC3=C(C(=O)[O-])N4C(=O)[C@@H](NC(=O)/C(=N\O)c5nsc(N)n5)C4SC3)n2)CCCC1. The molecule has 4 N–H and O–H groups in total. The number of hydrogen-bond donors (Lipinski definition) is 3. The molecule has 2 amide bonds. The van der Waals surface area contributed by atoms with Gasteiger partial charge in [0.05, 0.1) is 31.8 Å². The van der Waals surface area contributed by atoms with E-state index in [1.807, 2.05) is 0 Å². The van der Waals surface area contributed by atoms with E-state index in [2.05, 4.69) is 32.3 Å². The number of thioether (sulfide) groups is 2. The number of aromatic nitrogens is 3. The highest BCUT2D eigenvalue weighted by Crippen LogP contribution is 2.41. The summed E-state index contributed by atoms with van der Waals surface area (Å²) in [4.78, 5) is 47.3. The van der Waals surface area contributed by atoms with Crippen molar-refractivity contribution in [1.82, 2.24) is 24.6 Å². The number of quaternary nitrogens is 1. The molecule has 3 aliphatic rings. The predicted octanol–water partition coefficient (Wildman–Crippen LogP) is -0.308. The molecule has 2 fully saturated rings. The number of thiazole rings is 1. The lowest BCUT2D eigenvalue weighted by atomic mass is 10.0. The van der Waals surface area contributed by atoms with Gasteiger partial charge in [0.2, 0.25) is 11.5 Å². The Labute approximate surface area is 233 Å². The summed E-state index contributed by atoms with van der Waals surface area (Å²) >= 11 is 5.12. The Morgan fingerprint density at radius 1 is 1.37 bits per heavy atom. The standard InChI is InChI=1S/C21H24N8O5S4/c1-29(4-2-3-5-29)6-11-9-37-21(23-11)36-8-10-7-35-18-13(17(31)28(18)14(10)19(32)33)24-16(30)12(26-34)15-25-20(22)38-27-15/h9,13,18H,2-8H2,1H3,(H4-,22,24,25,27,30,32,33,34)/t13-,18?/m1/s1. The molecule has 1 unspecified atom stereocenters. The normalized spacial score (nSPS) is 22.8. The van der Waals surface area contributed by atoms with E-state index in [4.69, 9.17) is 10.7 Å². The number of carboxylic acid groups (broad SMARTS) is 1. The molecular formula is C21H24N8O5S4. The van der Waals surface area contributed by atoms with Crippen LogP contribution in [0, 0.1) is 0 Å². The Kier molecular flexibility index (Phi) is 7.63. The van der Waals surface area contributed by atoms with Gasteiger partial charge in [0.15, 0.2) is 9.47 Å². The zero-order chi connectivity index (χ0) is 27.0.